The van der Waals surface area contributed by atoms with Gasteiger partial charge in [-0.1, -0.05) is 67.0 Å². The minimum absolute atomic E-state index is 0.134. The molecule has 1 saturated heterocycles. The van der Waals surface area contributed by atoms with Crippen LogP contribution in [0.3, 0.4) is 0 Å². The average molecular weight is 435 g/mol. The highest BCUT2D eigenvalue weighted by molar-refractivity contribution is 14.1. The number of hydrogen-bond acceptors (Lipinski definition) is 2. The van der Waals surface area contributed by atoms with E-state index in [0.717, 1.165) is 37.7 Å². The van der Waals surface area contributed by atoms with Gasteiger partial charge in [-0.15, -0.1) is 0 Å². The summed E-state index contributed by atoms with van der Waals surface area (Å²) in [5, 5.41) is 0. The maximum Gasteiger partial charge on any atom is 0.243 e. The quantitative estimate of drug-likeness (QED) is 0.487. The van der Waals surface area contributed by atoms with Crippen molar-refractivity contribution in [3.63, 3.8) is 0 Å². The third-order valence-corrected chi connectivity index (χ3v) is 7.85. The lowest BCUT2D eigenvalue weighted by molar-refractivity contribution is 0.302. The SMILES string of the molecule is CCCC[C@@H]1[C@@H](I)C[C@H](CC)N1S(=O)(=O)c1ccc(C)cc1. The van der Waals surface area contributed by atoms with Crippen LogP contribution in [0.15, 0.2) is 29.2 Å². The van der Waals surface area contributed by atoms with E-state index in [2.05, 4.69) is 36.4 Å². The molecule has 0 aromatic heterocycles. The van der Waals surface area contributed by atoms with Gasteiger partial charge in [0, 0.05) is 16.0 Å². The number of alkyl halides is 1. The van der Waals surface area contributed by atoms with E-state index in [-0.39, 0.29) is 12.1 Å². The van der Waals surface area contributed by atoms with Crippen LogP contribution in [-0.4, -0.2) is 28.7 Å². The summed E-state index contributed by atoms with van der Waals surface area (Å²) in [5.74, 6) is 0. The van der Waals surface area contributed by atoms with Crippen LogP contribution in [0.1, 0.15) is 51.5 Å². The molecule has 3 atom stereocenters. The first-order valence-corrected chi connectivity index (χ1v) is 10.8. The Bertz CT molecular complexity index is 585. The summed E-state index contributed by atoms with van der Waals surface area (Å²) in [4.78, 5) is 0.434. The van der Waals surface area contributed by atoms with E-state index in [9.17, 15) is 8.42 Å². The molecule has 1 fully saturated rings. The van der Waals surface area contributed by atoms with Crippen molar-refractivity contribution in [1.29, 1.82) is 0 Å². The molecule has 0 aliphatic carbocycles. The lowest BCUT2D eigenvalue weighted by atomic mass is 10.1. The van der Waals surface area contributed by atoms with Gasteiger partial charge < -0.3 is 0 Å². The van der Waals surface area contributed by atoms with Crippen molar-refractivity contribution in [3.8, 4) is 0 Å². The number of aryl methyl sites for hydroxylation is 1. The predicted octanol–water partition coefficient (Wildman–Crippen LogP) is 4.53. The molecule has 2 rings (SSSR count). The molecule has 0 unspecified atom stereocenters. The predicted molar refractivity (Wildman–Crippen MR) is 100 cm³/mol. The second-order valence-corrected chi connectivity index (χ2v) is 9.61. The molecule has 0 N–H and O–H groups in total. The van der Waals surface area contributed by atoms with Crippen molar-refractivity contribution in [2.75, 3.05) is 0 Å². The molecular formula is C17H26INO2S. The van der Waals surface area contributed by atoms with Crippen LogP contribution >= 0.6 is 22.6 Å². The molecule has 1 aliphatic heterocycles. The summed E-state index contributed by atoms with van der Waals surface area (Å²) in [5.41, 5.74) is 1.08. The van der Waals surface area contributed by atoms with Crippen molar-refractivity contribution in [2.24, 2.45) is 0 Å². The van der Waals surface area contributed by atoms with Crippen LogP contribution in [0.25, 0.3) is 0 Å². The number of rotatable bonds is 6. The van der Waals surface area contributed by atoms with Crippen molar-refractivity contribution in [1.82, 2.24) is 4.31 Å². The monoisotopic (exact) mass is 435 g/mol. The normalized spacial score (nSPS) is 26.5. The number of halogens is 1. The summed E-state index contributed by atoms with van der Waals surface area (Å²) >= 11 is 2.45. The molecule has 0 radical (unpaired) electrons. The maximum absolute atomic E-state index is 13.2. The lowest BCUT2D eigenvalue weighted by Crippen LogP contribution is -2.42. The van der Waals surface area contributed by atoms with E-state index in [0.29, 0.717) is 8.82 Å². The second kappa shape index (κ2) is 7.62. The standard InChI is InChI=1S/C17H26INO2S/c1-4-6-7-17-16(18)12-14(5-2)19(17)22(20,21)15-10-8-13(3)9-11-15/h8-11,14,16-17H,4-7,12H2,1-3H3/t14-,16-,17+/m0/s1. The number of nitrogens with zero attached hydrogens (tertiary/aromatic N) is 1. The molecule has 1 aromatic rings. The largest absolute Gasteiger partial charge is 0.243 e. The van der Waals surface area contributed by atoms with E-state index < -0.39 is 10.0 Å². The smallest absolute Gasteiger partial charge is 0.207 e. The van der Waals surface area contributed by atoms with Gasteiger partial charge in [-0.05, 0) is 38.3 Å². The van der Waals surface area contributed by atoms with Gasteiger partial charge in [0.15, 0.2) is 0 Å². The zero-order chi connectivity index (χ0) is 16.3. The van der Waals surface area contributed by atoms with Crippen molar-refractivity contribution in [3.05, 3.63) is 29.8 Å². The molecule has 1 heterocycles. The van der Waals surface area contributed by atoms with Gasteiger partial charge in [0.05, 0.1) is 4.90 Å². The minimum atomic E-state index is -3.40. The maximum atomic E-state index is 13.2. The Morgan fingerprint density at radius 2 is 1.86 bits per heavy atom. The van der Waals surface area contributed by atoms with Crippen molar-refractivity contribution < 1.29 is 8.42 Å². The molecule has 22 heavy (non-hydrogen) atoms. The molecule has 1 aliphatic rings. The zero-order valence-electron chi connectivity index (χ0n) is 13.6. The number of benzene rings is 1. The van der Waals surface area contributed by atoms with Gasteiger partial charge >= 0.3 is 0 Å². The summed E-state index contributed by atoms with van der Waals surface area (Å²) in [6.45, 7) is 6.23. The summed E-state index contributed by atoms with van der Waals surface area (Å²) < 4.78 is 28.5. The van der Waals surface area contributed by atoms with Crippen molar-refractivity contribution >= 4 is 32.6 Å². The first kappa shape index (κ1) is 18.2. The average Bonchev–Trinajstić information content (AvgIpc) is 2.82. The highest BCUT2D eigenvalue weighted by atomic mass is 127. The molecule has 1 aromatic carbocycles. The molecule has 0 spiro atoms. The fraction of sp³-hybridized carbons (Fsp3) is 0.647. The van der Waals surface area contributed by atoms with Crippen LogP contribution in [0.4, 0.5) is 0 Å². The molecule has 0 amide bonds. The fourth-order valence-corrected chi connectivity index (χ4v) is 6.70. The Morgan fingerprint density at radius 3 is 2.41 bits per heavy atom. The Morgan fingerprint density at radius 1 is 1.23 bits per heavy atom. The van der Waals surface area contributed by atoms with E-state index in [1.165, 1.54) is 0 Å². The fourth-order valence-electron chi connectivity index (χ4n) is 3.23. The van der Waals surface area contributed by atoms with Gasteiger partial charge in [-0.2, -0.15) is 4.31 Å². The Balaban J connectivity index is 2.37. The highest BCUT2D eigenvalue weighted by Crippen LogP contribution is 2.38. The van der Waals surface area contributed by atoms with Crippen molar-refractivity contribution in [2.45, 2.75) is 73.8 Å². The van der Waals surface area contributed by atoms with E-state index in [4.69, 9.17) is 0 Å². The van der Waals surface area contributed by atoms with Crippen LogP contribution in [0.5, 0.6) is 0 Å². The molecule has 124 valence electrons. The van der Waals surface area contributed by atoms with Crippen LogP contribution in [0.2, 0.25) is 0 Å². The van der Waals surface area contributed by atoms with Crippen LogP contribution in [0, 0.1) is 6.92 Å². The topological polar surface area (TPSA) is 37.4 Å². The van der Waals surface area contributed by atoms with Gasteiger partial charge in [0.1, 0.15) is 0 Å². The van der Waals surface area contributed by atoms with Gasteiger partial charge in [0.2, 0.25) is 10.0 Å². The second-order valence-electron chi connectivity index (χ2n) is 6.17. The van der Waals surface area contributed by atoms with Gasteiger partial charge in [0.25, 0.3) is 0 Å². The third-order valence-electron chi connectivity index (χ3n) is 4.52. The van der Waals surface area contributed by atoms with Gasteiger partial charge in [-0.3, -0.25) is 0 Å². The van der Waals surface area contributed by atoms with E-state index >= 15 is 0 Å². The Hall–Kier alpha value is -0.140. The minimum Gasteiger partial charge on any atom is -0.207 e. The lowest BCUT2D eigenvalue weighted by Gasteiger charge is -2.29. The molecule has 3 nitrogen and oxygen atoms in total. The molecular weight excluding hydrogens is 409 g/mol. The van der Waals surface area contributed by atoms with Crippen LogP contribution in [-0.2, 0) is 10.0 Å². The summed E-state index contributed by atoms with van der Waals surface area (Å²) in [7, 11) is -3.40. The van der Waals surface area contributed by atoms with E-state index in [1.807, 2.05) is 23.4 Å². The summed E-state index contributed by atoms with van der Waals surface area (Å²) in [6, 6.07) is 7.52. The number of hydrogen-bond donors (Lipinski definition) is 0. The molecule has 0 bridgehead atoms. The Kier molecular flexibility index (Phi) is 6.30. The number of sulfonamides is 1. The number of unbranched alkanes of at least 4 members (excludes halogenated alkanes) is 1. The Labute approximate surface area is 148 Å². The summed E-state index contributed by atoms with van der Waals surface area (Å²) in [6.07, 6.45) is 5.00. The van der Waals surface area contributed by atoms with E-state index in [1.54, 1.807) is 12.1 Å². The highest BCUT2D eigenvalue weighted by Gasteiger charge is 2.45. The first-order chi connectivity index (χ1) is 10.4. The van der Waals surface area contributed by atoms with Gasteiger partial charge in [-0.25, -0.2) is 8.42 Å². The zero-order valence-corrected chi connectivity index (χ0v) is 16.6. The third kappa shape index (κ3) is 3.67. The first-order valence-electron chi connectivity index (χ1n) is 8.16. The molecule has 0 saturated carbocycles. The van der Waals surface area contributed by atoms with Crippen LogP contribution < -0.4 is 0 Å². The molecule has 5 heteroatoms.